The summed E-state index contributed by atoms with van der Waals surface area (Å²) in [6, 6.07) is 9.28. The van der Waals surface area contributed by atoms with Gasteiger partial charge in [-0.25, -0.2) is 0 Å². The van der Waals surface area contributed by atoms with Crippen LogP contribution in [0.15, 0.2) is 41.1 Å². The number of aliphatic hydroxyl groups is 1. The predicted molar refractivity (Wildman–Crippen MR) is 103 cm³/mol. The SMILES string of the molecule is O=C(Cc1ccsc1)N1C[C@H]2C[C@@H](Oc3cccc(Cl)c3)[C@H](O)C[C@H]2C1. The summed E-state index contributed by atoms with van der Waals surface area (Å²) in [4.78, 5) is 14.5. The summed E-state index contributed by atoms with van der Waals surface area (Å²) in [5, 5.41) is 15.2. The Labute approximate surface area is 162 Å². The molecule has 1 aliphatic carbocycles. The molecule has 2 aromatic rings. The molecule has 0 bridgehead atoms. The summed E-state index contributed by atoms with van der Waals surface area (Å²) < 4.78 is 6.00. The number of likely N-dealkylation sites (tertiary alicyclic amines) is 1. The summed E-state index contributed by atoms with van der Waals surface area (Å²) in [6.07, 6.45) is 1.15. The lowest BCUT2D eigenvalue weighted by molar-refractivity contribution is -0.129. The van der Waals surface area contributed by atoms with Crippen LogP contribution < -0.4 is 4.74 Å². The third-order valence-electron chi connectivity index (χ3n) is 5.46. The van der Waals surface area contributed by atoms with Gasteiger partial charge in [-0.3, -0.25) is 4.79 Å². The van der Waals surface area contributed by atoms with Gasteiger partial charge < -0.3 is 14.7 Å². The van der Waals surface area contributed by atoms with E-state index in [9.17, 15) is 9.90 Å². The van der Waals surface area contributed by atoms with E-state index in [1.807, 2.05) is 33.9 Å². The van der Waals surface area contributed by atoms with Gasteiger partial charge in [0.25, 0.3) is 0 Å². The van der Waals surface area contributed by atoms with Crippen molar-refractivity contribution in [3.8, 4) is 5.75 Å². The zero-order valence-electron chi connectivity index (χ0n) is 14.4. The molecule has 4 rings (SSSR count). The molecule has 1 saturated carbocycles. The van der Waals surface area contributed by atoms with Gasteiger partial charge in [-0.15, -0.1) is 0 Å². The molecule has 2 heterocycles. The summed E-state index contributed by atoms with van der Waals surface area (Å²) in [6.45, 7) is 1.50. The minimum absolute atomic E-state index is 0.180. The van der Waals surface area contributed by atoms with Crippen molar-refractivity contribution in [3.05, 3.63) is 51.7 Å². The Kier molecular flexibility index (Phi) is 5.20. The molecule has 4 atom stereocenters. The molecule has 0 unspecified atom stereocenters. The maximum Gasteiger partial charge on any atom is 0.227 e. The largest absolute Gasteiger partial charge is 0.488 e. The minimum Gasteiger partial charge on any atom is -0.488 e. The molecule has 0 spiro atoms. The number of ether oxygens (including phenoxy) is 1. The van der Waals surface area contributed by atoms with E-state index in [-0.39, 0.29) is 12.0 Å². The van der Waals surface area contributed by atoms with Gasteiger partial charge in [-0.05, 0) is 65.3 Å². The van der Waals surface area contributed by atoms with Crippen LogP contribution in [0.4, 0.5) is 0 Å². The van der Waals surface area contributed by atoms with Gasteiger partial charge in [0, 0.05) is 18.1 Å². The van der Waals surface area contributed by atoms with E-state index in [1.165, 1.54) is 0 Å². The third-order valence-corrected chi connectivity index (χ3v) is 6.42. The van der Waals surface area contributed by atoms with E-state index in [0.29, 0.717) is 35.4 Å². The number of benzene rings is 1. The van der Waals surface area contributed by atoms with Crippen LogP contribution in [0.3, 0.4) is 0 Å². The average molecular weight is 392 g/mol. The van der Waals surface area contributed by atoms with Gasteiger partial charge in [0.2, 0.25) is 5.91 Å². The fourth-order valence-electron chi connectivity index (χ4n) is 4.12. The fourth-order valence-corrected chi connectivity index (χ4v) is 4.96. The second kappa shape index (κ2) is 7.59. The molecule has 1 aromatic carbocycles. The van der Waals surface area contributed by atoms with Crippen LogP contribution >= 0.6 is 22.9 Å². The van der Waals surface area contributed by atoms with E-state index in [2.05, 4.69) is 0 Å². The highest BCUT2D eigenvalue weighted by Crippen LogP contribution is 2.38. The van der Waals surface area contributed by atoms with Crippen LogP contribution in [0.2, 0.25) is 5.02 Å². The van der Waals surface area contributed by atoms with Gasteiger partial charge >= 0.3 is 0 Å². The number of amides is 1. The lowest BCUT2D eigenvalue weighted by atomic mass is 9.78. The Morgan fingerprint density at radius 3 is 2.81 bits per heavy atom. The maximum atomic E-state index is 12.6. The Morgan fingerprint density at radius 1 is 1.27 bits per heavy atom. The maximum absolute atomic E-state index is 12.6. The summed E-state index contributed by atoms with van der Waals surface area (Å²) >= 11 is 7.63. The summed E-state index contributed by atoms with van der Waals surface area (Å²) in [7, 11) is 0. The van der Waals surface area contributed by atoms with E-state index < -0.39 is 6.10 Å². The van der Waals surface area contributed by atoms with E-state index in [1.54, 1.807) is 23.5 Å². The molecule has 2 fully saturated rings. The molecule has 1 aromatic heterocycles. The van der Waals surface area contributed by atoms with E-state index in [0.717, 1.165) is 25.1 Å². The van der Waals surface area contributed by atoms with Crippen molar-refractivity contribution in [1.82, 2.24) is 4.90 Å². The first-order valence-corrected chi connectivity index (χ1v) is 10.3. The van der Waals surface area contributed by atoms with E-state index in [4.69, 9.17) is 16.3 Å². The van der Waals surface area contributed by atoms with Crippen LogP contribution in [0.1, 0.15) is 18.4 Å². The molecule has 1 amide bonds. The van der Waals surface area contributed by atoms with Crippen molar-refractivity contribution in [2.75, 3.05) is 13.1 Å². The zero-order valence-corrected chi connectivity index (χ0v) is 16.0. The van der Waals surface area contributed by atoms with Gasteiger partial charge in [-0.2, -0.15) is 11.3 Å². The Balaban J connectivity index is 1.38. The highest BCUT2D eigenvalue weighted by Gasteiger charge is 2.43. The predicted octanol–water partition coefficient (Wildman–Crippen LogP) is 3.62. The number of nitrogens with zero attached hydrogens (tertiary/aromatic N) is 1. The highest BCUT2D eigenvalue weighted by atomic mass is 35.5. The van der Waals surface area contributed by atoms with Crippen LogP contribution in [0.25, 0.3) is 0 Å². The third kappa shape index (κ3) is 3.90. The standard InChI is InChI=1S/C20H22ClNO3S/c21-16-2-1-3-17(9-16)25-19-8-15-11-22(10-14(15)7-18(19)23)20(24)6-13-4-5-26-12-13/h1-5,9,12,14-15,18-19,23H,6-8,10-11H2/t14-,15+,18+,19+/m0/s1. The highest BCUT2D eigenvalue weighted by molar-refractivity contribution is 7.08. The molecule has 1 aliphatic heterocycles. The lowest BCUT2D eigenvalue weighted by Gasteiger charge is -2.35. The number of hydrogen-bond donors (Lipinski definition) is 1. The topological polar surface area (TPSA) is 49.8 Å². The summed E-state index contributed by atoms with van der Waals surface area (Å²) in [5.41, 5.74) is 1.08. The fraction of sp³-hybridized carbons (Fsp3) is 0.450. The molecule has 1 saturated heterocycles. The smallest absolute Gasteiger partial charge is 0.227 e. The van der Waals surface area contributed by atoms with E-state index >= 15 is 0 Å². The van der Waals surface area contributed by atoms with Crippen molar-refractivity contribution in [2.24, 2.45) is 11.8 Å². The van der Waals surface area contributed by atoms with Gasteiger partial charge in [0.15, 0.2) is 0 Å². The van der Waals surface area contributed by atoms with Gasteiger partial charge in [-0.1, -0.05) is 17.7 Å². The van der Waals surface area contributed by atoms with Crippen LogP contribution in [0, 0.1) is 11.8 Å². The number of rotatable bonds is 4. The quantitative estimate of drug-likeness (QED) is 0.865. The number of carbonyl (C=O) groups excluding carboxylic acids is 1. The van der Waals surface area contributed by atoms with Crippen molar-refractivity contribution in [1.29, 1.82) is 0 Å². The Bertz CT molecular complexity index is 766. The first-order valence-electron chi connectivity index (χ1n) is 8.97. The van der Waals surface area contributed by atoms with Gasteiger partial charge in [0.1, 0.15) is 11.9 Å². The van der Waals surface area contributed by atoms with Crippen LogP contribution in [0.5, 0.6) is 5.75 Å². The molecule has 138 valence electrons. The minimum atomic E-state index is -0.512. The number of carbonyl (C=O) groups is 1. The first-order chi connectivity index (χ1) is 12.6. The molecule has 26 heavy (non-hydrogen) atoms. The molecule has 1 N–H and O–H groups in total. The number of aliphatic hydroxyl groups excluding tert-OH is 1. The summed E-state index contributed by atoms with van der Waals surface area (Å²) in [5.74, 6) is 1.60. The first kappa shape index (κ1) is 17.8. The molecular formula is C20H22ClNO3S. The van der Waals surface area contributed by atoms with Crippen LogP contribution in [-0.2, 0) is 11.2 Å². The lowest BCUT2D eigenvalue weighted by Crippen LogP contribution is -2.42. The Morgan fingerprint density at radius 2 is 2.08 bits per heavy atom. The molecule has 0 radical (unpaired) electrons. The molecule has 4 nitrogen and oxygen atoms in total. The van der Waals surface area contributed by atoms with Crippen LogP contribution in [-0.4, -0.2) is 41.2 Å². The zero-order chi connectivity index (χ0) is 18.1. The number of halogens is 1. The average Bonchev–Trinajstić information content (AvgIpc) is 3.24. The number of hydrogen-bond acceptors (Lipinski definition) is 4. The molecule has 2 aliphatic rings. The monoisotopic (exact) mass is 391 g/mol. The number of thiophene rings is 1. The Hall–Kier alpha value is -1.56. The van der Waals surface area contributed by atoms with Crippen molar-refractivity contribution in [3.63, 3.8) is 0 Å². The van der Waals surface area contributed by atoms with Crippen molar-refractivity contribution >= 4 is 28.8 Å². The van der Waals surface area contributed by atoms with Gasteiger partial charge in [0.05, 0.1) is 12.5 Å². The van der Waals surface area contributed by atoms with Crippen molar-refractivity contribution in [2.45, 2.75) is 31.5 Å². The number of fused-ring (bicyclic) bond motifs is 1. The molecule has 6 heteroatoms. The van der Waals surface area contributed by atoms with Crippen molar-refractivity contribution < 1.29 is 14.6 Å². The molecular weight excluding hydrogens is 370 g/mol. The second-order valence-corrected chi connectivity index (χ2v) is 8.50. The normalized spacial score (nSPS) is 28.0. The second-order valence-electron chi connectivity index (χ2n) is 7.28.